The SMILES string of the molecule is COCC1CCCN(c2ccc([N+](=O)[O-])c(CBr)c2)C1. The van der Waals surface area contributed by atoms with Crippen molar-refractivity contribution in [3.05, 3.63) is 33.9 Å². The highest BCUT2D eigenvalue weighted by molar-refractivity contribution is 9.08. The molecule has 1 unspecified atom stereocenters. The molecule has 5 nitrogen and oxygen atoms in total. The van der Waals surface area contributed by atoms with Gasteiger partial charge >= 0.3 is 0 Å². The van der Waals surface area contributed by atoms with E-state index < -0.39 is 0 Å². The van der Waals surface area contributed by atoms with Crippen LogP contribution in [0, 0.1) is 16.0 Å². The zero-order valence-corrected chi connectivity index (χ0v) is 13.1. The summed E-state index contributed by atoms with van der Waals surface area (Å²) in [5.74, 6) is 0.538. The molecule has 1 heterocycles. The molecule has 1 atom stereocenters. The summed E-state index contributed by atoms with van der Waals surface area (Å²) in [6.07, 6.45) is 2.32. The van der Waals surface area contributed by atoms with Crippen molar-refractivity contribution in [2.24, 2.45) is 5.92 Å². The van der Waals surface area contributed by atoms with Crippen LogP contribution in [-0.2, 0) is 10.1 Å². The highest BCUT2D eigenvalue weighted by atomic mass is 79.9. The largest absolute Gasteiger partial charge is 0.384 e. The van der Waals surface area contributed by atoms with E-state index in [1.165, 1.54) is 6.42 Å². The molecule has 0 aromatic heterocycles. The standard InChI is InChI=1S/C14H19BrN2O3/c1-20-10-11-3-2-6-16(9-11)13-4-5-14(17(18)19)12(7-13)8-15/h4-5,7,11H,2-3,6,8-10H2,1H3. The number of hydrogen-bond acceptors (Lipinski definition) is 4. The Labute approximate surface area is 127 Å². The summed E-state index contributed by atoms with van der Waals surface area (Å²) in [7, 11) is 1.73. The molecule has 20 heavy (non-hydrogen) atoms. The number of benzene rings is 1. The number of halogens is 1. The lowest BCUT2D eigenvalue weighted by atomic mass is 9.98. The van der Waals surface area contributed by atoms with Gasteiger partial charge in [0.2, 0.25) is 0 Å². The van der Waals surface area contributed by atoms with E-state index in [0.29, 0.717) is 11.2 Å². The van der Waals surface area contributed by atoms with Gasteiger partial charge in [0.05, 0.1) is 11.5 Å². The number of nitro benzene ring substituents is 1. The number of methoxy groups -OCH3 is 1. The molecule has 0 radical (unpaired) electrons. The van der Waals surface area contributed by atoms with Crippen molar-refractivity contribution >= 4 is 27.3 Å². The van der Waals surface area contributed by atoms with Crippen molar-refractivity contribution in [3.63, 3.8) is 0 Å². The Morgan fingerprint density at radius 2 is 2.35 bits per heavy atom. The number of nitro groups is 1. The van der Waals surface area contributed by atoms with Gasteiger partial charge in [-0.2, -0.15) is 0 Å². The van der Waals surface area contributed by atoms with E-state index in [2.05, 4.69) is 20.8 Å². The molecule has 1 aromatic carbocycles. The molecule has 1 aliphatic heterocycles. The average Bonchev–Trinajstić information content (AvgIpc) is 2.47. The number of hydrogen-bond donors (Lipinski definition) is 0. The molecule has 0 aliphatic carbocycles. The number of piperidine rings is 1. The smallest absolute Gasteiger partial charge is 0.273 e. The topological polar surface area (TPSA) is 55.6 Å². The van der Waals surface area contributed by atoms with Crippen LogP contribution in [0.1, 0.15) is 18.4 Å². The Kier molecular flexibility index (Phi) is 5.37. The van der Waals surface area contributed by atoms with Gasteiger partial charge in [0.25, 0.3) is 5.69 Å². The normalized spacial score (nSPS) is 19.1. The third-order valence-corrected chi connectivity index (χ3v) is 4.29. The summed E-state index contributed by atoms with van der Waals surface area (Å²) in [6, 6.07) is 5.37. The molecule has 0 spiro atoms. The Morgan fingerprint density at radius 1 is 1.55 bits per heavy atom. The quantitative estimate of drug-likeness (QED) is 0.467. The predicted octanol–water partition coefficient (Wildman–Crippen LogP) is 3.35. The molecular formula is C14H19BrN2O3. The minimum absolute atomic E-state index is 0.177. The Balaban J connectivity index is 2.18. The molecule has 1 aliphatic rings. The minimum atomic E-state index is -0.329. The summed E-state index contributed by atoms with van der Waals surface area (Å²) in [4.78, 5) is 12.9. The van der Waals surface area contributed by atoms with Crippen LogP contribution in [0.3, 0.4) is 0 Å². The maximum Gasteiger partial charge on any atom is 0.273 e. The molecule has 1 fully saturated rings. The van der Waals surface area contributed by atoms with Crippen LogP contribution in [0.15, 0.2) is 18.2 Å². The van der Waals surface area contributed by atoms with Crippen molar-refractivity contribution in [2.45, 2.75) is 18.2 Å². The molecule has 1 saturated heterocycles. The van der Waals surface area contributed by atoms with Crippen molar-refractivity contribution in [2.75, 3.05) is 31.7 Å². The van der Waals surface area contributed by atoms with Gasteiger partial charge in [-0.05, 0) is 30.9 Å². The number of anilines is 1. The Morgan fingerprint density at radius 3 is 3.00 bits per heavy atom. The van der Waals surface area contributed by atoms with Gasteiger partial charge in [-0.1, -0.05) is 15.9 Å². The van der Waals surface area contributed by atoms with E-state index >= 15 is 0 Å². The first-order valence-electron chi connectivity index (χ1n) is 6.73. The summed E-state index contributed by atoms with van der Waals surface area (Å²) in [5, 5.41) is 11.5. The fourth-order valence-electron chi connectivity index (χ4n) is 2.73. The second-order valence-corrected chi connectivity index (χ2v) is 5.67. The van der Waals surface area contributed by atoms with Gasteiger partial charge in [0.1, 0.15) is 0 Å². The van der Waals surface area contributed by atoms with E-state index in [4.69, 9.17) is 4.74 Å². The van der Waals surface area contributed by atoms with Gasteiger partial charge in [-0.25, -0.2) is 0 Å². The molecule has 0 N–H and O–H groups in total. The summed E-state index contributed by atoms with van der Waals surface area (Å²) >= 11 is 3.33. The van der Waals surface area contributed by atoms with Gasteiger partial charge in [0, 0.05) is 42.8 Å². The molecule has 0 amide bonds. The number of alkyl halides is 1. The summed E-state index contributed by atoms with van der Waals surface area (Å²) < 4.78 is 5.24. The highest BCUT2D eigenvalue weighted by Gasteiger charge is 2.22. The van der Waals surface area contributed by atoms with Crippen LogP contribution in [-0.4, -0.2) is 31.7 Å². The van der Waals surface area contributed by atoms with Gasteiger partial charge < -0.3 is 9.64 Å². The molecule has 110 valence electrons. The maximum atomic E-state index is 11.0. The second-order valence-electron chi connectivity index (χ2n) is 5.11. The highest BCUT2D eigenvalue weighted by Crippen LogP contribution is 2.29. The van der Waals surface area contributed by atoms with Crippen LogP contribution in [0.2, 0.25) is 0 Å². The first-order chi connectivity index (χ1) is 9.65. The zero-order valence-electron chi connectivity index (χ0n) is 11.5. The fraction of sp³-hybridized carbons (Fsp3) is 0.571. The molecule has 2 rings (SSSR count). The Bertz CT molecular complexity index is 479. The van der Waals surface area contributed by atoms with E-state index in [9.17, 15) is 10.1 Å². The predicted molar refractivity (Wildman–Crippen MR) is 82.5 cm³/mol. The average molecular weight is 343 g/mol. The van der Waals surface area contributed by atoms with Crippen LogP contribution in [0.25, 0.3) is 0 Å². The molecule has 0 saturated carbocycles. The van der Waals surface area contributed by atoms with E-state index in [1.54, 1.807) is 13.2 Å². The molecule has 6 heteroatoms. The lowest BCUT2D eigenvalue weighted by Crippen LogP contribution is -2.37. The maximum absolute atomic E-state index is 11.0. The fourth-order valence-corrected chi connectivity index (χ4v) is 3.17. The lowest BCUT2D eigenvalue weighted by Gasteiger charge is -2.34. The summed E-state index contributed by atoms with van der Waals surface area (Å²) in [6.45, 7) is 2.72. The van der Waals surface area contributed by atoms with Crippen molar-refractivity contribution in [1.29, 1.82) is 0 Å². The van der Waals surface area contributed by atoms with Crippen molar-refractivity contribution in [1.82, 2.24) is 0 Å². The van der Waals surface area contributed by atoms with E-state index in [1.807, 2.05) is 12.1 Å². The zero-order chi connectivity index (χ0) is 14.5. The first-order valence-corrected chi connectivity index (χ1v) is 7.85. The van der Waals surface area contributed by atoms with Gasteiger partial charge in [-0.15, -0.1) is 0 Å². The lowest BCUT2D eigenvalue weighted by molar-refractivity contribution is -0.385. The molecular weight excluding hydrogens is 324 g/mol. The van der Waals surface area contributed by atoms with E-state index in [0.717, 1.165) is 37.4 Å². The molecule has 1 aromatic rings. The number of rotatable bonds is 5. The summed E-state index contributed by atoms with van der Waals surface area (Å²) in [5.41, 5.74) is 1.96. The monoisotopic (exact) mass is 342 g/mol. The van der Waals surface area contributed by atoms with Crippen LogP contribution < -0.4 is 4.90 Å². The second kappa shape index (κ2) is 7.04. The number of ether oxygens (including phenoxy) is 1. The van der Waals surface area contributed by atoms with E-state index in [-0.39, 0.29) is 10.6 Å². The Hall–Kier alpha value is -1.14. The third kappa shape index (κ3) is 3.49. The minimum Gasteiger partial charge on any atom is -0.384 e. The van der Waals surface area contributed by atoms with Crippen LogP contribution in [0.5, 0.6) is 0 Å². The first kappa shape index (κ1) is 15.3. The van der Waals surface area contributed by atoms with Crippen LogP contribution in [0.4, 0.5) is 11.4 Å². The van der Waals surface area contributed by atoms with Gasteiger partial charge in [0.15, 0.2) is 0 Å². The van der Waals surface area contributed by atoms with Gasteiger partial charge in [-0.3, -0.25) is 10.1 Å². The van der Waals surface area contributed by atoms with Crippen LogP contribution >= 0.6 is 15.9 Å². The number of nitrogens with zero attached hydrogens (tertiary/aromatic N) is 2. The van der Waals surface area contributed by atoms with Crippen molar-refractivity contribution in [3.8, 4) is 0 Å². The third-order valence-electron chi connectivity index (χ3n) is 3.69. The molecule has 0 bridgehead atoms. The van der Waals surface area contributed by atoms with Crippen molar-refractivity contribution < 1.29 is 9.66 Å².